The lowest BCUT2D eigenvalue weighted by Crippen LogP contribution is -2.22. The molecule has 0 saturated carbocycles. The predicted molar refractivity (Wildman–Crippen MR) is 74.7 cm³/mol. The molecule has 0 saturated heterocycles. The molecule has 0 heterocycles. The molecule has 1 atom stereocenters. The molecule has 0 fully saturated rings. The van der Waals surface area contributed by atoms with E-state index in [1.54, 1.807) is 6.07 Å². The first-order valence-corrected chi connectivity index (χ1v) is 6.90. The first-order chi connectivity index (χ1) is 8.01. The van der Waals surface area contributed by atoms with Crippen LogP contribution in [-0.4, -0.2) is 13.6 Å². The second kappa shape index (κ2) is 7.12. The summed E-state index contributed by atoms with van der Waals surface area (Å²) in [5.41, 5.74) is 1.07. The molecule has 1 nitrogen and oxygen atoms in total. The highest BCUT2D eigenvalue weighted by Crippen LogP contribution is 2.21. The van der Waals surface area contributed by atoms with Crippen molar-refractivity contribution in [3.63, 3.8) is 0 Å². The Morgan fingerprint density at radius 2 is 2.00 bits per heavy atom. The van der Waals surface area contributed by atoms with E-state index < -0.39 is 0 Å². The van der Waals surface area contributed by atoms with Gasteiger partial charge in [0.2, 0.25) is 0 Å². The fourth-order valence-corrected chi connectivity index (χ4v) is 2.77. The minimum atomic E-state index is -0.165. The largest absolute Gasteiger partial charge is 0.319 e. The van der Waals surface area contributed by atoms with Crippen LogP contribution in [-0.2, 0) is 6.42 Å². The molecule has 1 rings (SSSR count). The molecule has 0 aliphatic heterocycles. The minimum Gasteiger partial charge on any atom is -0.319 e. The van der Waals surface area contributed by atoms with Crippen molar-refractivity contribution in [3.05, 3.63) is 34.1 Å². The Kier molecular flexibility index (Phi) is 6.14. The third-order valence-electron chi connectivity index (χ3n) is 2.74. The summed E-state index contributed by atoms with van der Waals surface area (Å²) in [5, 5.41) is 3.22. The second-order valence-corrected chi connectivity index (χ2v) is 5.95. The second-order valence-electron chi connectivity index (χ2n) is 5.04. The van der Waals surface area contributed by atoms with E-state index in [0.29, 0.717) is 11.8 Å². The van der Waals surface area contributed by atoms with Gasteiger partial charge >= 0.3 is 0 Å². The van der Waals surface area contributed by atoms with E-state index in [4.69, 9.17) is 0 Å². The van der Waals surface area contributed by atoms with Crippen molar-refractivity contribution in [2.75, 3.05) is 13.6 Å². The van der Waals surface area contributed by atoms with Crippen LogP contribution < -0.4 is 5.32 Å². The Morgan fingerprint density at radius 1 is 1.29 bits per heavy atom. The molecule has 0 spiro atoms. The zero-order valence-corrected chi connectivity index (χ0v) is 12.3. The third kappa shape index (κ3) is 5.64. The van der Waals surface area contributed by atoms with E-state index in [2.05, 4.69) is 35.1 Å². The molecule has 0 aromatic heterocycles. The number of rotatable bonds is 6. The summed E-state index contributed by atoms with van der Waals surface area (Å²) in [6, 6.07) is 5.14. The van der Waals surface area contributed by atoms with Crippen molar-refractivity contribution in [2.24, 2.45) is 11.8 Å². The maximum absolute atomic E-state index is 13.3. The van der Waals surface area contributed by atoms with Crippen LogP contribution in [0.5, 0.6) is 0 Å². The van der Waals surface area contributed by atoms with E-state index in [0.717, 1.165) is 29.4 Å². The van der Waals surface area contributed by atoms with Crippen molar-refractivity contribution in [1.29, 1.82) is 0 Å². The molecule has 1 unspecified atom stereocenters. The van der Waals surface area contributed by atoms with Crippen LogP contribution in [0, 0.1) is 17.7 Å². The van der Waals surface area contributed by atoms with Crippen LogP contribution in [0.1, 0.15) is 25.8 Å². The Morgan fingerprint density at radius 3 is 2.53 bits per heavy atom. The SMILES string of the molecule is CNCC(Cc1cc(F)cc(Br)c1)CC(C)C. The van der Waals surface area contributed by atoms with E-state index in [9.17, 15) is 4.39 Å². The molecule has 96 valence electrons. The Balaban J connectivity index is 2.70. The van der Waals surface area contributed by atoms with Gasteiger partial charge in [-0.3, -0.25) is 0 Å². The average molecular weight is 302 g/mol. The quantitative estimate of drug-likeness (QED) is 0.837. The maximum atomic E-state index is 13.3. The van der Waals surface area contributed by atoms with Gasteiger partial charge in [0.25, 0.3) is 0 Å². The zero-order chi connectivity index (χ0) is 12.8. The molecule has 0 bridgehead atoms. The highest BCUT2D eigenvalue weighted by molar-refractivity contribution is 9.10. The van der Waals surface area contributed by atoms with Crippen LogP contribution in [0.25, 0.3) is 0 Å². The normalized spacial score (nSPS) is 13.1. The molecule has 1 aromatic rings. The van der Waals surface area contributed by atoms with Gasteiger partial charge in [0.05, 0.1) is 0 Å². The molecule has 3 heteroatoms. The zero-order valence-electron chi connectivity index (χ0n) is 10.8. The topological polar surface area (TPSA) is 12.0 Å². The van der Waals surface area contributed by atoms with Crippen molar-refractivity contribution in [3.8, 4) is 0 Å². The number of nitrogens with one attached hydrogen (secondary N) is 1. The lowest BCUT2D eigenvalue weighted by Gasteiger charge is -2.19. The first kappa shape index (κ1) is 14.7. The smallest absolute Gasteiger partial charge is 0.124 e. The molecular formula is C14H21BrFN. The van der Waals surface area contributed by atoms with Crippen molar-refractivity contribution in [2.45, 2.75) is 26.7 Å². The van der Waals surface area contributed by atoms with Gasteiger partial charge in [-0.1, -0.05) is 29.8 Å². The van der Waals surface area contributed by atoms with E-state index >= 15 is 0 Å². The molecule has 0 amide bonds. The third-order valence-corrected chi connectivity index (χ3v) is 3.20. The van der Waals surface area contributed by atoms with E-state index in [1.807, 2.05) is 13.1 Å². The molecule has 0 radical (unpaired) electrons. The standard InChI is InChI=1S/C14H21BrFN/c1-10(2)4-12(9-17-3)5-11-6-13(15)8-14(16)7-11/h6-8,10,12,17H,4-5,9H2,1-3H3. The van der Waals surface area contributed by atoms with Crippen LogP contribution in [0.4, 0.5) is 4.39 Å². The molecule has 1 aromatic carbocycles. The lowest BCUT2D eigenvalue weighted by molar-refractivity contribution is 0.394. The molecular weight excluding hydrogens is 281 g/mol. The van der Waals surface area contributed by atoms with Gasteiger partial charge in [0.1, 0.15) is 5.82 Å². The van der Waals surface area contributed by atoms with Crippen LogP contribution in [0.15, 0.2) is 22.7 Å². The minimum absolute atomic E-state index is 0.165. The van der Waals surface area contributed by atoms with Gasteiger partial charge in [-0.2, -0.15) is 0 Å². The van der Waals surface area contributed by atoms with Gasteiger partial charge in [-0.05, 0) is 62.0 Å². The number of hydrogen-bond acceptors (Lipinski definition) is 1. The van der Waals surface area contributed by atoms with E-state index in [1.165, 1.54) is 6.07 Å². The van der Waals surface area contributed by atoms with Crippen molar-refractivity contribution in [1.82, 2.24) is 5.32 Å². The fourth-order valence-electron chi connectivity index (χ4n) is 2.26. The van der Waals surface area contributed by atoms with Gasteiger partial charge in [-0.25, -0.2) is 4.39 Å². The average Bonchev–Trinajstić information content (AvgIpc) is 2.14. The van der Waals surface area contributed by atoms with Gasteiger partial charge in [0.15, 0.2) is 0 Å². The maximum Gasteiger partial charge on any atom is 0.124 e. The molecule has 0 aliphatic rings. The van der Waals surface area contributed by atoms with Gasteiger partial charge < -0.3 is 5.32 Å². The monoisotopic (exact) mass is 301 g/mol. The molecule has 1 N–H and O–H groups in total. The number of halogens is 2. The van der Waals surface area contributed by atoms with Gasteiger partial charge in [0, 0.05) is 4.47 Å². The van der Waals surface area contributed by atoms with Crippen LogP contribution >= 0.6 is 15.9 Å². The summed E-state index contributed by atoms with van der Waals surface area (Å²) >= 11 is 3.34. The Labute approximate surface area is 112 Å². The van der Waals surface area contributed by atoms with Crippen molar-refractivity contribution >= 4 is 15.9 Å². The molecule has 0 aliphatic carbocycles. The van der Waals surface area contributed by atoms with E-state index in [-0.39, 0.29) is 5.82 Å². The number of hydrogen-bond donors (Lipinski definition) is 1. The highest BCUT2D eigenvalue weighted by atomic mass is 79.9. The van der Waals surface area contributed by atoms with Gasteiger partial charge in [-0.15, -0.1) is 0 Å². The lowest BCUT2D eigenvalue weighted by atomic mass is 9.91. The predicted octanol–water partition coefficient (Wildman–Crippen LogP) is 4.01. The highest BCUT2D eigenvalue weighted by Gasteiger charge is 2.12. The Hall–Kier alpha value is -0.410. The summed E-state index contributed by atoms with van der Waals surface area (Å²) in [7, 11) is 1.97. The fraction of sp³-hybridized carbons (Fsp3) is 0.571. The van der Waals surface area contributed by atoms with Crippen molar-refractivity contribution < 1.29 is 4.39 Å². The summed E-state index contributed by atoms with van der Waals surface area (Å²) in [5.74, 6) is 1.07. The van der Waals surface area contributed by atoms with Crippen LogP contribution in [0.3, 0.4) is 0 Å². The Bertz CT molecular complexity index is 332. The first-order valence-electron chi connectivity index (χ1n) is 6.10. The summed E-state index contributed by atoms with van der Waals surface area (Å²) in [6.07, 6.45) is 2.09. The summed E-state index contributed by atoms with van der Waals surface area (Å²) < 4.78 is 14.1. The summed E-state index contributed by atoms with van der Waals surface area (Å²) in [4.78, 5) is 0. The number of benzene rings is 1. The van der Waals surface area contributed by atoms with Crippen LogP contribution in [0.2, 0.25) is 0 Å². The summed E-state index contributed by atoms with van der Waals surface area (Å²) in [6.45, 7) is 5.43. The molecule has 17 heavy (non-hydrogen) atoms.